The van der Waals surface area contributed by atoms with Crippen LogP contribution in [0, 0.1) is 11.8 Å². The van der Waals surface area contributed by atoms with Gasteiger partial charge in [-0.05, 0) is 56.7 Å². The number of ether oxygens (including phenoxy) is 3. The summed E-state index contributed by atoms with van der Waals surface area (Å²) in [6, 6.07) is 2.46. The second kappa shape index (κ2) is 12.0. The molecule has 2 aromatic rings. The predicted octanol–water partition coefficient (Wildman–Crippen LogP) is 2.97. The Morgan fingerprint density at radius 2 is 1.95 bits per heavy atom. The molecule has 5 rings (SSSR count). The number of carbonyl (C=O) groups excluding carboxylic acids is 3. The van der Waals surface area contributed by atoms with Crippen molar-refractivity contribution in [2.45, 2.75) is 63.8 Å². The molecule has 1 saturated heterocycles. The van der Waals surface area contributed by atoms with Crippen molar-refractivity contribution in [2.75, 3.05) is 20.3 Å². The van der Waals surface area contributed by atoms with Crippen LogP contribution in [0.2, 0.25) is 0 Å². The van der Waals surface area contributed by atoms with Gasteiger partial charge in [0.1, 0.15) is 12.1 Å². The molecule has 12 nitrogen and oxygen atoms in total. The summed E-state index contributed by atoms with van der Waals surface area (Å²) >= 11 is 0. The Balaban J connectivity index is 1.39. The lowest BCUT2D eigenvalue weighted by Gasteiger charge is -2.21. The molecule has 3 aliphatic rings. The predicted molar refractivity (Wildman–Crippen MR) is 137 cm³/mol. The molecule has 14 heteroatoms. The van der Waals surface area contributed by atoms with Crippen LogP contribution in [0.1, 0.15) is 61.3 Å². The van der Waals surface area contributed by atoms with Crippen LogP contribution in [0.4, 0.5) is 8.78 Å². The zero-order valence-electron chi connectivity index (χ0n) is 22.6. The van der Waals surface area contributed by atoms with Crippen molar-refractivity contribution in [3.05, 3.63) is 29.7 Å². The van der Waals surface area contributed by atoms with E-state index in [1.54, 1.807) is 6.92 Å². The van der Waals surface area contributed by atoms with E-state index in [-0.39, 0.29) is 53.6 Å². The summed E-state index contributed by atoms with van der Waals surface area (Å²) in [6.45, 7) is -1.12. The number of oxazole rings is 1. The number of likely N-dealkylation sites (tertiary alicyclic amines) is 1. The third kappa shape index (κ3) is 6.76. The third-order valence-electron chi connectivity index (χ3n) is 7.12. The fourth-order valence-corrected chi connectivity index (χ4v) is 4.53. The lowest BCUT2D eigenvalue weighted by molar-refractivity contribution is -0.145. The maximum absolute atomic E-state index is 13.7. The topological polar surface area (TPSA) is 155 Å². The van der Waals surface area contributed by atoms with Gasteiger partial charge in [-0.2, -0.15) is 8.78 Å². The minimum absolute atomic E-state index is 0.00108. The van der Waals surface area contributed by atoms with Crippen molar-refractivity contribution in [1.29, 1.82) is 0 Å². The second-order valence-electron chi connectivity index (χ2n) is 10.5. The monoisotopic (exact) mass is 578 g/mol. The van der Waals surface area contributed by atoms with Crippen LogP contribution in [-0.2, 0) is 19.2 Å². The molecule has 2 heterocycles. The minimum Gasteiger partial charge on any atom is -0.489 e. The lowest BCUT2D eigenvalue weighted by atomic mass is 10.1. The number of nitrogens with one attached hydrogen (secondary N) is 1. The van der Waals surface area contributed by atoms with Crippen molar-refractivity contribution in [2.24, 2.45) is 17.6 Å². The van der Waals surface area contributed by atoms with Crippen LogP contribution in [0.3, 0.4) is 0 Å². The number of esters is 1. The summed E-state index contributed by atoms with van der Waals surface area (Å²) in [5.41, 5.74) is 8.73. The van der Waals surface area contributed by atoms with Crippen molar-refractivity contribution >= 4 is 17.8 Å². The number of alkyl halides is 2. The lowest BCUT2D eigenvalue weighted by Crippen LogP contribution is -2.42. The van der Waals surface area contributed by atoms with Gasteiger partial charge in [-0.3, -0.25) is 14.4 Å². The molecule has 0 radical (unpaired) electrons. The number of carbonyl (C=O) groups is 3. The molecule has 41 heavy (non-hydrogen) atoms. The first-order valence-corrected chi connectivity index (χ1v) is 13.5. The van der Waals surface area contributed by atoms with E-state index in [1.165, 1.54) is 30.2 Å². The quantitative estimate of drug-likeness (QED) is 0.284. The van der Waals surface area contributed by atoms with E-state index in [4.69, 9.17) is 24.5 Å². The van der Waals surface area contributed by atoms with Gasteiger partial charge in [-0.25, -0.2) is 15.3 Å². The van der Waals surface area contributed by atoms with E-state index in [0.29, 0.717) is 18.1 Å². The SMILES string of the molecule is COC(=O)[C@@H]1C[C@@H](ONC(=O)C2CC2)CN1C(=O)c1nc(-c2ccc(OC(F)F)c(OCC3CC3)c2)oc1[C@H](C)N. The number of rotatable bonds is 12. The van der Waals surface area contributed by atoms with E-state index < -0.39 is 36.7 Å². The molecule has 2 aliphatic carbocycles. The summed E-state index contributed by atoms with van der Waals surface area (Å²) < 4.78 is 47.0. The molecule has 1 aromatic heterocycles. The van der Waals surface area contributed by atoms with Crippen molar-refractivity contribution in [3.63, 3.8) is 0 Å². The van der Waals surface area contributed by atoms with Crippen LogP contribution in [0.25, 0.3) is 11.5 Å². The number of hydroxylamine groups is 1. The number of nitrogens with zero attached hydrogens (tertiary/aromatic N) is 2. The normalized spacial score (nSPS) is 21.1. The highest BCUT2D eigenvalue weighted by molar-refractivity contribution is 5.97. The number of hydrogen-bond donors (Lipinski definition) is 2. The Hall–Kier alpha value is -3.78. The minimum atomic E-state index is -3.04. The molecule has 3 N–H and O–H groups in total. The van der Waals surface area contributed by atoms with Gasteiger partial charge < -0.3 is 29.3 Å². The van der Waals surface area contributed by atoms with E-state index >= 15 is 0 Å². The standard InChI is InChI=1S/C27H32F2N4O8/c1-13(30)22-21(25(35)33-11-17(10-18(33)26(36)37-2)41-32-23(34)15-5-6-15)31-24(40-22)16-7-8-19(39-27(28)29)20(9-16)38-12-14-3-4-14/h7-9,13-15,17-18,27H,3-6,10-12,30H2,1-2H3,(H,32,34)/t13-,17+,18-/m0/s1. The van der Waals surface area contributed by atoms with Gasteiger partial charge in [-0.1, -0.05) is 0 Å². The molecular formula is C27H32F2N4O8. The number of nitrogens with two attached hydrogens (primary N) is 1. The fraction of sp³-hybridized carbons (Fsp3) is 0.556. The number of methoxy groups -OCH3 is 1. The Morgan fingerprint density at radius 3 is 2.59 bits per heavy atom. The zero-order valence-corrected chi connectivity index (χ0v) is 22.6. The molecule has 0 spiro atoms. The number of amides is 2. The summed E-state index contributed by atoms with van der Waals surface area (Å²) in [4.78, 5) is 49.5. The molecular weight excluding hydrogens is 546 g/mol. The summed E-state index contributed by atoms with van der Waals surface area (Å²) in [5, 5.41) is 0. The third-order valence-corrected chi connectivity index (χ3v) is 7.12. The van der Waals surface area contributed by atoms with Gasteiger partial charge in [0.2, 0.25) is 11.8 Å². The highest BCUT2D eigenvalue weighted by atomic mass is 19.3. The average molecular weight is 579 g/mol. The van der Waals surface area contributed by atoms with Crippen molar-refractivity contribution < 1.29 is 46.6 Å². The van der Waals surface area contributed by atoms with Gasteiger partial charge in [0, 0.05) is 17.9 Å². The van der Waals surface area contributed by atoms with Crippen LogP contribution in [-0.4, -0.2) is 66.7 Å². The number of benzene rings is 1. The summed E-state index contributed by atoms with van der Waals surface area (Å²) in [6.07, 6.45) is 3.00. The largest absolute Gasteiger partial charge is 0.489 e. The van der Waals surface area contributed by atoms with Crippen LogP contribution < -0.4 is 20.7 Å². The maximum atomic E-state index is 13.7. The molecule has 2 amide bonds. The highest BCUT2D eigenvalue weighted by Gasteiger charge is 2.44. The smallest absolute Gasteiger partial charge is 0.387 e. The van der Waals surface area contributed by atoms with E-state index in [2.05, 4.69) is 15.2 Å². The molecule has 3 fully saturated rings. The summed E-state index contributed by atoms with van der Waals surface area (Å²) in [7, 11) is 1.21. The average Bonchev–Trinajstić information content (AvgIpc) is 3.88. The molecule has 3 atom stereocenters. The van der Waals surface area contributed by atoms with Crippen molar-refractivity contribution in [3.8, 4) is 23.0 Å². The first-order valence-electron chi connectivity index (χ1n) is 13.5. The second-order valence-corrected chi connectivity index (χ2v) is 10.5. The fourth-order valence-electron chi connectivity index (χ4n) is 4.53. The zero-order chi connectivity index (χ0) is 29.3. The van der Waals surface area contributed by atoms with Gasteiger partial charge in [-0.15, -0.1) is 0 Å². The first-order chi connectivity index (χ1) is 19.6. The van der Waals surface area contributed by atoms with Crippen LogP contribution in [0.5, 0.6) is 11.5 Å². The van der Waals surface area contributed by atoms with Gasteiger partial charge in [0.05, 0.1) is 26.3 Å². The molecule has 222 valence electrons. The molecule has 0 unspecified atom stereocenters. The Morgan fingerprint density at radius 1 is 1.20 bits per heavy atom. The van der Waals surface area contributed by atoms with Crippen LogP contribution >= 0.6 is 0 Å². The highest BCUT2D eigenvalue weighted by Crippen LogP contribution is 2.37. The number of halogens is 2. The molecule has 2 saturated carbocycles. The van der Waals surface area contributed by atoms with Gasteiger partial charge in [0.25, 0.3) is 5.91 Å². The van der Waals surface area contributed by atoms with E-state index in [9.17, 15) is 23.2 Å². The maximum Gasteiger partial charge on any atom is 0.387 e. The van der Waals surface area contributed by atoms with Crippen molar-refractivity contribution in [1.82, 2.24) is 15.4 Å². The number of aromatic nitrogens is 1. The van der Waals surface area contributed by atoms with E-state index in [1.807, 2.05) is 0 Å². The Bertz CT molecular complexity index is 1290. The Labute approximate surface area is 234 Å². The molecule has 1 aromatic carbocycles. The van der Waals surface area contributed by atoms with Gasteiger partial charge in [0.15, 0.2) is 23.0 Å². The van der Waals surface area contributed by atoms with E-state index in [0.717, 1.165) is 25.7 Å². The molecule has 1 aliphatic heterocycles. The van der Waals surface area contributed by atoms with Gasteiger partial charge >= 0.3 is 12.6 Å². The first kappa shape index (κ1) is 28.7. The number of hydrogen-bond acceptors (Lipinski definition) is 10. The summed E-state index contributed by atoms with van der Waals surface area (Å²) in [5.74, 6) is -1.27. The molecule has 0 bridgehead atoms. The van der Waals surface area contributed by atoms with Crippen LogP contribution in [0.15, 0.2) is 22.6 Å². The Kier molecular flexibility index (Phi) is 8.40.